The Morgan fingerprint density at radius 2 is 2.50 bits per heavy atom. The highest BCUT2D eigenvalue weighted by Crippen LogP contribution is 2.13. The fraction of sp³-hybridized carbons (Fsp3) is 0.500. The average Bonchev–Trinajstić information content (AvgIpc) is 2.30. The summed E-state index contributed by atoms with van der Waals surface area (Å²) in [6, 6.07) is 1.63. The van der Waals surface area contributed by atoms with Crippen LogP contribution in [0.5, 0.6) is 0 Å². The number of halogens is 1. The summed E-state index contributed by atoms with van der Waals surface area (Å²) in [4.78, 5) is 19.5. The van der Waals surface area contributed by atoms with Crippen LogP contribution in [0.25, 0.3) is 0 Å². The SMILES string of the molecule is O=C(Nc1ccnc(Cl)n1)[C@@H]1CCCNC1. The van der Waals surface area contributed by atoms with Crippen LogP contribution in [0, 0.1) is 5.92 Å². The quantitative estimate of drug-likeness (QED) is 0.759. The number of carbonyl (C=O) groups excluding carboxylic acids is 1. The van der Waals surface area contributed by atoms with Crippen LogP contribution in [-0.2, 0) is 4.79 Å². The molecule has 1 amide bonds. The normalized spacial score (nSPS) is 20.4. The highest BCUT2D eigenvalue weighted by atomic mass is 35.5. The van der Waals surface area contributed by atoms with E-state index in [2.05, 4.69) is 20.6 Å². The zero-order valence-electron chi connectivity index (χ0n) is 8.74. The number of anilines is 1. The van der Waals surface area contributed by atoms with Crippen LogP contribution in [0.2, 0.25) is 5.28 Å². The molecule has 1 aliphatic rings. The van der Waals surface area contributed by atoms with Gasteiger partial charge >= 0.3 is 0 Å². The summed E-state index contributed by atoms with van der Waals surface area (Å²) in [5.74, 6) is 0.458. The van der Waals surface area contributed by atoms with E-state index >= 15 is 0 Å². The maximum atomic E-state index is 11.8. The first-order chi connectivity index (χ1) is 7.75. The predicted octanol–water partition coefficient (Wildman–Crippen LogP) is 1.07. The lowest BCUT2D eigenvalue weighted by atomic mass is 9.99. The largest absolute Gasteiger partial charge is 0.316 e. The highest BCUT2D eigenvalue weighted by Gasteiger charge is 2.21. The third kappa shape index (κ3) is 2.90. The summed E-state index contributed by atoms with van der Waals surface area (Å²) < 4.78 is 0. The lowest BCUT2D eigenvalue weighted by Gasteiger charge is -2.21. The molecule has 0 radical (unpaired) electrons. The number of nitrogens with zero attached hydrogens (tertiary/aromatic N) is 2. The molecule has 2 N–H and O–H groups in total. The van der Waals surface area contributed by atoms with Crippen LogP contribution in [-0.4, -0.2) is 29.0 Å². The summed E-state index contributed by atoms with van der Waals surface area (Å²) in [7, 11) is 0. The monoisotopic (exact) mass is 240 g/mol. The number of carbonyl (C=O) groups is 1. The third-order valence-corrected chi connectivity index (χ3v) is 2.73. The number of hydrogen-bond acceptors (Lipinski definition) is 4. The second kappa shape index (κ2) is 5.23. The second-order valence-electron chi connectivity index (χ2n) is 3.74. The Hall–Kier alpha value is -1.20. The van der Waals surface area contributed by atoms with Gasteiger partial charge in [0.2, 0.25) is 11.2 Å². The molecule has 0 aliphatic carbocycles. The number of amides is 1. The molecular formula is C10H13ClN4O. The van der Waals surface area contributed by atoms with Crippen molar-refractivity contribution in [2.45, 2.75) is 12.8 Å². The molecule has 1 aliphatic heterocycles. The molecule has 0 aromatic carbocycles. The van der Waals surface area contributed by atoms with E-state index in [4.69, 9.17) is 11.6 Å². The van der Waals surface area contributed by atoms with Gasteiger partial charge in [-0.25, -0.2) is 9.97 Å². The summed E-state index contributed by atoms with van der Waals surface area (Å²) in [6.07, 6.45) is 3.46. The Balaban J connectivity index is 1.96. The molecule has 5 nitrogen and oxygen atoms in total. The standard InChI is InChI=1S/C10H13ClN4O/c11-10-13-5-3-8(15-10)14-9(16)7-2-1-4-12-6-7/h3,5,7,12H,1-2,4,6H2,(H,13,14,15,16)/t7-/m1/s1. The van der Waals surface area contributed by atoms with E-state index in [0.29, 0.717) is 5.82 Å². The fourth-order valence-electron chi connectivity index (χ4n) is 1.71. The molecule has 0 unspecified atom stereocenters. The molecular weight excluding hydrogens is 228 g/mol. The Morgan fingerprint density at radius 1 is 1.62 bits per heavy atom. The summed E-state index contributed by atoms with van der Waals surface area (Å²) in [5.41, 5.74) is 0. The molecule has 2 heterocycles. The van der Waals surface area contributed by atoms with E-state index in [-0.39, 0.29) is 17.1 Å². The van der Waals surface area contributed by atoms with Crippen molar-refractivity contribution in [1.82, 2.24) is 15.3 Å². The van der Waals surface area contributed by atoms with E-state index in [1.54, 1.807) is 6.07 Å². The van der Waals surface area contributed by atoms with E-state index in [1.165, 1.54) is 6.20 Å². The Kier molecular flexibility index (Phi) is 3.69. The van der Waals surface area contributed by atoms with Gasteiger partial charge in [-0.3, -0.25) is 4.79 Å². The number of nitrogens with one attached hydrogen (secondary N) is 2. The average molecular weight is 241 g/mol. The van der Waals surface area contributed by atoms with Gasteiger partial charge in [0.05, 0.1) is 5.92 Å². The smallest absolute Gasteiger partial charge is 0.229 e. The van der Waals surface area contributed by atoms with Gasteiger partial charge in [-0.2, -0.15) is 0 Å². The van der Waals surface area contributed by atoms with E-state index in [0.717, 1.165) is 25.9 Å². The summed E-state index contributed by atoms with van der Waals surface area (Å²) in [6.45, 7) is 1.72. The molecule has 2 rings (SSSR count). The van der Waals surface area contributed by atoms with Crippen LogP contribution >= 0.6 is 11.6 Å². The lowest BCUT2D eigenvalue weighted by molar-refractivity contribution is -0.120. The van der Waals surface area contributed by atoms with Crippen molar-refractivity contribution in [1.29, 1.82) is 0 Å². The summed E-state index contributed by atoms with van der Waals surface area (Å²) >= 11 is 5.63. The number of piperidine rings is 1. The van der Waals surface area contributed by atoms with E-state index in [9.17, 15) is 4.79 Å². The van der Waals surface area contributed by atoms with Gasteiger partial charge in [-0.1, -0.05) is 0 Å². The Labute approximate surface area is 98.6 Å². The van der Waals surface area contributed by atoms with Crippen molar-refractivity contribution in [3.05, 3.63) is 17.5 Å². The van der Waals surface area contributed by atoms with Gasteiger partial charge in [-0.15, -0.1) is 0 Å². The van der Waals surface area contributed by atoms with Gasteiger partial charge < -0.3 is 10.6 Å². The van der Waals surface area contributed by atoms with Crippen molar-refractivity contribution >= 4 is 23.3 Å². The van der Waals surface area contributed by atoms with E-state index < -0.39 is 0 Å². The first-order valence-electron chi connectivity index (χ1n) is 5.26. The van der Waals surface area contributed by atoms with Crippen molar-refractivity contribution < 1.29 is 4.79 Å². The number of rotatable bonds is 2. The Morgan fingerprint density at radius 3 is 3.19 bits per heavy atom. The lowest BCUT2D eigenvalue weighted by Crippen LogP contribution is -2.37. The molecule has 1 fully saturated rings. The minimum atomic E-state index is -0.0121. The van der Waals surface area contributed by atoms with Crippen molar-refractivity contribution in [2.75, 3.05) is 18.4 Å². The maximum Gasteiger partial charge on any atom is 0.229 e. The van der Waals surface area contributed by atoms with Gasteiger partial charge in [0.15, 0.2) is 0 Å². The zero-order chi connectivity index (χ0) is 11.4. The van der Waals surface area contributed by atoms with Crippen molar-refractivity contribution in [2.24, 2.45) is 5.92 Å². The molecule has 0 bridgehead atoms. The molecule has 1 saturated heterocycles. The van der Waals surface area contributed by atoms with Crippen LogP contribution < -0.4 is 10.6 Å². The zero-order valence-corrected chi connectivity index (χ0v) is 9.50. The first kappa shape index (κ1) is 11.3. The minimum absolute atomic E-state index is 0.0121. The van der Waals surface area contributed by atoms with Crippen molar-refractivity contribution in [3.63, 3.8) is 0 Å². The van der Waals surface area contributed by atoms with Gasteiger partial charge in [0.25, 0.3) is 0 Å². The second-order valence-corrected chi connectivity index (χ2v) is 4.08. The van der Waals surface area contributed by atoms with E-state index in [1.807, 2.05) is 0 Å². The summed E-state index contributed by atoms with van der Waals surface area (Å²) in [5, 5.41) is 6.07. The van der Waals surface area contributed by atoms with Crippen LogP contribution in [0.15, 0.2) is 12.3 Å². The maximum absolute atomic E-state index is 11.8. The van der Waals surface area contributed by atoms with Gasteiger partial charge in [-0.05, 0) is 37.1 Å². The number of aromatic nitrogens is 2. The highest BCUT2D eigenvalue weighted by molar-refractivity contribution is 6.28. The molecule has 16 heavy (non-hydrogen) atoms. The van der Waals surface area contributed by atoms with Crippen LogP contribution in [0.4, 0.5) is 5.82 Å². The number of hydrogen-bond donors (Lipinski definition) is 2. The van der Waals surface area contributed by atoms with Gasteiger partial charge in [0.1, 0.15) is 5.82 Å². The molecule has 0 spiro atoms. The van der Waals surface area contributed by atoms with Crippen LogP contribution in [0.1, 0.15) is 12.8 Å². The first-order valence-corrected chi connectivity index (χ1v) is 5.63. The van der Waals surface area contributed by atoms with Crippen LogP contribution in [0.3, 0.4) is 0 Å². The molecule has 0 saturated carbocycles. The topological polar surface area (TPSA) is 66.9 Å². The molecule has 1 atom stereocenters. The molecule has 1 aromatic rings. The fourth-order valence-corrected chi connectivity index (χ4v) is 1.86. The third-order valence-electron chi connectivity index (χ3n) is 2.55. The van der Waals surface area contributed by atoms with Crippen molar-refractivity contribution in [3.8, 4) is 0 Å². The Bertz CT molecular complexity index is 379. The minimum Gasteiger partial charge on any atom is -0.316 e. The van der Waals surface area contributed by atoms with Gasteiger partial charge in [0, 0.05) is 12.7 Å². The molecule has 86 valence electrons. The molecule has 6 heteroatoms. The predicted molar refractivity (Wildman–Crippen MR) is 61.3 cm³/mol. The molecule has 1 aromatic heterocycles.